The van der Waals surface area contributed by atoms with Gasteiger partial charge in [0.15, 0.2) is 0 Å². The minimum absolute atomic E-state index is 0.117. The molecule has 84 valence electrons. The number of benzene rings is 1. The van der Waals surface area contributed by atoms with E-state index in [2.05, 4.69) is 10.3 Å². The molecule has 2 rings (SSSR count). The topological polar surface area (TPSA) is 70.9 Å². The van der Waals surface area contributed by atoms with Gasteiger partial charge in [0.25, 0.3) is 0 Å². The van der Waals surface area contributed by atoms with Crippen molar-refractivity contribution in [2.24, 2.45) is 4.99 Å². The molecule has 1 amide bonds. The van der Waals surface area contributed by atoms with Gasteiger partial charge in [-0.1, -0.05) is 0 Å². The lowest BCUT2D eigenvalue weighted by Gasteiger charge is -2.06. The van der Waals surface area contributed by atoms with Gasteiger partial charge in [0.05, 0.1) is 6.54 Å². The highest BCUT2D eigenvalue weighted by Gasteiger charge is 2.16. The van der Waals surface area contributed by atoms with Crippen LogP contribution in [-0.2, 0) is 4.74 Å². The summed E-state index contributed by atoms with van der Waals surface area (Å²) >= 11 is 0. The number of amides is 1. The van der Waals surface area contributed by atoms with Crippen LogP contribution in [0.15, 0.2) is 29.3 Å². The second-order valence-corrected chi connectivity index (χ2v) is 3.58. The SMILES string of the molecule is CC1CN=C(c2ccc(NC(=O)O)cc2)O1. The number of carboxylic acid groups (broad SMARTS) is 1. The first-order valence-electron chi connectivity index (χ1n) is 4.96. The number of ether oxygens (including phenoxy) is 1. The fourth-order valence-electron chi connectivity index (χ4n) is 1.46. The molecule has 0 aromatic heterocycles. The molecule has 0 saturated heterocycles. The molecule has 2 N–H and O–H groups in total. The first-order valence-corrected chi connectivity index (χ1v) is 4.96. The normalized spacial score (nSPS) is 18.8. The lowest BCUT2D eigenvalue weighted by Crippen LogP contribution is -2.09. The molecule has 0 spiro atoms. The fourth-order valence-corrected chi connectivity index (χ4v) is 1.46. The number of nitrogens with one attached hydrogen (secondary N) is 1. The van der Waals surface area contributed by atoms with Crippen LogP contribution in [0.5, 0.6) is 0 Å². The Bertz CT molecular complexity index is 425. The van der Waals surface area contributed by atoms with E-state index in [9.17, 15) is 4.79 Å². The summed E-state index contributed by atoms with van der Waals surface area (Å²) in [5.41, 5.74) is 1.39. The molecule has 5 nitrogen and oxygen atoms in total. The van der Waals surface area contributed by atoms with Crippen molar-refractivity contribution in [2.45, 2.75) is 13.0 Å². The second kappa shape index (κ2) is 4.22. The van der Waals surface area contributed by atoms with E-state index in [4.69, 9.17) is 9.84 Å². The lowest BCUT2D eigenvalue weighted by atomic mass is 10.2. The van der Waals surface area contributed by atoms with Gasteiger partial charge < -0.3 is 9.84 Å². The molecule has 1 aliphatic heterocycles. The van der Waals surface area contributed by atoms with E-state index in [0.29, 0.717) is 18.1 Å². The average molecular weight is 220 g/mol. The van der Waals surface area contributed by atoms with Gasteiger partial charge in [-0.2, -0.15) is 0 Å². The standard InChI is InChI=1S/C11H12N2O3/c1-7-6-12-10(16-7)8-2-4-9(5-3-8)13-11(14)15/h2-5,7,13H,6H2,1H3,(H,14,15). The van der Waals surface area contributed by atoms with Crippen LogP contribution in [0.2, 0.25) is 0 Å². The van der Waals surface area contributed by atoms with Crippen molar-refractivity contribution in [3.63, 3.8) is 0 Å². The predicted octanol–water partition coefficient (Wildman–Crippen LogP) is 1.94. The van der Waals surface area contributed by atoms with Crippen LogP contribution in [0.1, 0.15) is 12.5 Å². The van der Waals surface area contributed by atoms with E-state index in [0.717, 1.165) is 5.56 Å². The summed E-state index contributed by atoms with van der Waals surface area (Å²) in [6.07, 6.45) is -0.956. The molecule has 1 heterocycles. The minimum atomic E-state index is -1.07. The van der Waals surface area contributed by atoms with Crippen molar-refractivity contribution >= 4 is 17.7 Å². The molecular weight excluding hydrogens is 208 g/mol. The summed E-state index contributed by atoms with van der Waals surface area (Å²) in [4.78, 5) is 14.6. The van der Waals surface area contributed by atoms with Gasteiger partial charge in [-0.15, -0.1) is 0 Å². The number of anilines is 1. The number of nitrogens with zero attached hydrogens (tertiary/aromatic N) is 1. The van der Waals surface area contributed by atoms with Gasteiger partial charge in [-0.05, 0) is 31.2 Å². The molecule has 0 radical (unpaired) electrons. The molecule has 1 unspecified atom stereocenters. The monoisotopic (exact) mass is 220 g/mol. The Morgan fingerprint density at radius 3 is 2.69 bits per heavy atom. The molecule has 0 aliphatic carbocycles. The predicted molar refractivity (Wildman–Crippen MR) is 60.0 cm³/mol. The third kappa shape index (κ3) is 2.31. The Kier molecular flexibility index (Phi) is 2.76. The Morgan fingerprint density at radius 2 is 2.19 bits per heavy atom. The Hall–Kier alpha value is -2.04. The van der Waals surface area contributed by atoms with Crippen molar-refractivity contribution in [3.05, 3.63) is 29.8 Å². The van der Waals surface area contributed by atoms with Crippen LogP contribution in [0, 0.1) is 0 Å². The first kappa shape index (κ1) is 10.5. The third-order valence-corrected chi connectivity index (χ3v) is 2.19. The van der Waals surface area contributed by atoms with Gasteiger partial charge >= 0.3 is 6.09 Å². The maximum Gasteiger partial charge on any atom is 0.409 e. The van der Waals surface area contributed by atoms with E-state index in [1.54, 1.807) is 24.3 Å². The maximum absolute atomic E-state index is 10.4. The second-order valence-electron chi connectivity index (χ2n) is 3.58. The summed E-state index contributed by atoms with van der Waals surface area (Å²) in [5, 5.41) is 10.8. The van der Waals surface area contributed by atoms with Crippen molar-refractivity contribution in [2.75, 3.05) is 11.9 Å². The van der Waals surface area contributed by atoms with Crippen LogP contribution in [-0.4, -0.2) is 29.7 Å². The largest absolute Gasteiger partial charge is 0.472 e. The zero-order valence-electron chi connectivity index (χ0n) is 8.80. The lowest BCUT2D eigenvalue weighted by molar-refractivity contribution is 0.210. The zero-order chi connectivity index (χ0) is 11.5. The number of aliphatic imine (C=N–C) groups is 1. The number of carbonyl (C=O) groups is 1. The summed E-state index contributed by atoms with van der Waals surface area (Å²) < 4.78 is 5.48. The first-order chi connectivity index (χ1) is 7.65. The highest BCUT2D eigenvalue weighted by molar-refractivity contribution is 5.95. The van der Waals surface area contributed by atoms with Gasteiger partial charge in [0.1, 0.15) is 6.10 Å². The van der Waals surface area contributed by atoms with Crippen molar-refractivity contribution in [1.82, 2.24) is 0 Å². The number of hydrogen-bond acceptors (Lipinski definition) is 3. The Morgan fingerprint density at radius 1 is 1.50 bits per heavy atom. The van der Waals surface area contributed by atoms with E-state index < -0.39 is 6.09 Å². The van der Waals surface area contributed by atoms with E-state index in [1.807, 2.05) is 6.92 Å². The van der Waals surface area contributed by atoms with Crippen molar-refractivity contribution < 1.29 is 14.6 Å². The van der Waals surface area contributed by atoms with Crippen LogP contribution < -0.4 is 5.32 Å². The number of rotatable bonds is 2. The van der Waals surface area contributed by atoms with Crippen molar-refractivity contribution in [1.29, 1.82) is 0 Å². The highest BCUT2D eigenvalue weighted by Crippen LogP contribution is 2.15. The molecular formula is C11H12N2O3. The van der Waals surface area contributed by atoms with Gasteiger partial charge in [-0.25, -0.2) is 9.79 Å². The molecule has 1 atom stereocenters. The van der Waals surface area contributed by atoms with E-state index in [1.165, 1.54) is 0 Å². The molecule has 0 saturated carbocycles. The Labute approximate surface area is 92.8 Å². The highest BCUT2D eigenvalue weighted by atomic mass is 16.5. The average Bonchev–Trinajstić information content (AvgIpc) is 2.65. The maximum atomic E-state index is 10.4. The molecule has 1 aliphatic rings. The van der Waals surface area contributed by atoms with Crippen molar-refractivity contribution in [3.8, 4) is 0 Å². The van der Waals surface area contributed by atoms with Gasteiger partial charge in [0, 0.05) is 11.3 Å². The molecule has 0 bridgehead atoms. The quantitative estimate of drug-likeness (QED) is 0.800. The zero-order valence-corrected chi connectivity index (χ0v) is 8.80. The summed E-state index contributed by atoms with van der Waals surface area (Å²) in [5.74, 6) is 0.620. The molecule has 1 aromatic carbocycles. The molecule has 1 aromatic rings. The molecule has 16 heavy (non-hydrogen) atoms. The van der Waals surface area contributed by atoms with E-state index >= 15 is 0 Å². The summed E-state index contributed by atoms with van der Waals surface area (Å²) in [7, 11) is 0. The van der Waals surface area contributed by atoms with Crippen LogP contribution in [0.3, 0.4) is 0 Å². The molecule has 0 fully saturated rings. The van der Waals surface area contributed by atoms with Crippen LogP contribution in [0.25, 0.3) is 0 Å². The Balaban J connectivity index is 2.10. The van der Waals surface area contributed by atoms with Gasteiger partial charge in [-0.3, -0.25) is 5.32 Å². The van der Waals surface area contributed by atoms with Crippen LogP contribution >= 0.6 is 0 Å². The minimum Gasteiger partial charge on any atom is -0.472 e. The summed E-state index contributed by atoms with van der Waals surface area (Å²) in [6.45, 7) is 2.63. The fraction of sp³-hybridized carbons (Fsp3) is 0.273. The number of hydrogen-bond donors (Lipinski definition) is 2. The third-order valence-electron chi connectivity index (χ3n) is 2.19. The summed E-state index contributed by atoms with van der Waals surface area (Å²) in [6, 6.07) is 6.92. The van der Waals surface area contributed by atoms with Gasteiger partial charge in [0.2, 0.25) is 5.90 Å². The molecule has 5 heteroatoms. The smallest absolute Gasteiger partial charge is 0.409 e. The van der Waals surface area contributed by atoms with E-state index in [-0.39, 0.29) is 6.10 Å². The van der Waals surface area contributed by atoms with Crippen LogP contribution in [0.4, 0.5) is 10.5 Å².